The van der Waals surface area contributed by atoms with E-state index in [2.05, 4.69) is 4.98 Å². The number of hydrogen-bond donors (Lipinski definition) is 0. The molecule has 7 heteroatoms. The Bertz CT molecular complexity index is 525. The van der Waals surface area contributed by atoms with Crippen LogP contribution in [0, 0.1) is 17.2 Å². The molecule has 0 aromatic carbocycles. The number of halogens is 3. The van der Waals surface area contributed by atoms with Crippen LogP contribution in [-0.2, 0) is 10.9 Å². The van der Waals surface area contributed by atoms with Crippen LogP contribution in [0.2, 0.25) is 0 Å². The van der Waals surface area contributed by atoms with Gasteiger partial charge in [-0.25, -0.2) is 4.98 Å². The molecule has 108 valence electrons. The normalized spacial score (nSPS) is 19.1. The van der Waals surface area contributed by atoms with E-state index in [4.69, 9.17) is 10.00 Å². The van der Waals surface area contributed by atoms with Crippen LogP contribution < -0.4 is 4.90 Å². The van der Waals surface area contributed by atoms with Crippen LogP contribution in [0.5, 0.6) is 0 Å². The van der Waals surface area contributed by atoms with Gasteiger partial charge in [0.2, 0.25) is 0 Å². The lowest BCUT2D eigenvalue weighted by molar-refractivity contribution is -0.141. The lowest BCUT2D eigenvalue weighted by Gasteiger charge is -2.20. The smallest absolute Gasteiger partial charge is 0.384 e. The fourth-order valence-corrected chi connectivity index (χ4v) is 2.33. The van der Waals surface area contributed by atoms with Crippen LogP contribution in [0.15, 0.2) is 12.1 Å². The van der Waals surface area contributed by atoms with Gasteiger partial charge in [-0.1, -0.05) is 0 Å². The van der Waals surface area contributed by atoms with Gasteiger partial charge in [0.25, 0.3) is 0 Å². The van der Waals surface area contributed by atoms with E-state index in [1.165, 1.54) is 6.07 Å². The van der Waals surface area contributed by atoms with E-state index in [9.17, 15) is 13.2 Å². The van der Waals surface area contributed by atoms with Crippen molar-refractivity contribution in [3.05, 3.63) is 23.4 Å². The molecule has 0 aliphatic carbocycles. The van der Waals surface area contributed by atoms with Crippen molar-refractivity contribution in [1.29, 1.82) is 5.26 Å². The summed E-state index contributed by atoms with van der Waals surface area (Å²) >= 11 is 0. The molecule has 0 saturated carbocycles. The first-order valence-corrected chi connectivity index (χ1v) is 6.18. The summed E-state index contributed by atoms with van der Waals surface area (Å²) in [5, 5.41) is 9.02. The second kappa shape index (κ2) is 5.67. The van der Waals surface area contributed by atoms with Gasteiger partial charge in [-0.05, 0) is 18.6 Å². The van der Waals surface area contributed by atoms with Crippen LogP contribution in [0.1, 0.15) is 17.7 Å². The number of rotatable bonds is 3. The van der Waals surface area contributed by atoms with Crippen molar-refractivity contribution in [2.75, 3.05) is 31.7 Å². The second-order valence-corrected chi connectivity index (χ2v) is 4.73. The van der Waals surface area contributed by atoms with Crippen molar-refractivity contribution in [2.24, 2.45) is 5.92 Å². The number of aromatic nitrogens is 1. The number of alkyl halides is 3. The van der Waals surface area contributed by atoms with Crippen molar-refractivity contribution in [3.63, 3.8) is 0 Å². The molecule has 1 fully saturated rings. The summed E-state index contributed by atoms with van der Waals surface area (Å²) in [7, 11) is 1.59. The summed E-state index contributed by atoms with van der Waals surface area (Å²) in [6, 6.07) is 3.91. The predicted molar refractivity (Wildman–Crippen MR) is 66.2 cm³/mol. The van der Waals surface area contributed by atoms with Crippen LogP contribution >= 0.6 is 0 Å². The van der Waals surface area contributed by atoms with Gasteiger partial charge >= 0.3 is 6.18 Å². The number of anilines is 1. The van der Waals surface area contributed by atoms with Crippen molar-refractivity contribution in [1.82, 2.24) is 4.98 Å². The number of pyridine rings is 1. The van der Waals surface area contributed by atoms with E-state index in [1.807, 2.05) is 6.07 Å². The van der Waals surface area contributed by atoms with E-state index < -0.39 is 11.9 Å². The van der Waals surface area contributed by atoms with E-state index >= 15 is 0 Å². The molecule has 1 aliphatic rings. The van der Waals surface area contributed by atoms with Gasteiger partial charge in [0.1, 0.15) is 17.6 Å². The molecule has 20 heavy (non-hydrogen) atoms. The first-order valence-electron chi connectivity index (χ1n) is 6.18. The summed E-state index contributed by atoms with van der Waals surface area (Å²) in [5.74, 6) is 0.365. The van der Waals surface area contributed by atoms with E-state index in [0.717, 1.165) is 12.5 Å². The molecule has 0 bridgehead atoms. The van der Waals surface area contributed by atoms with Crippen molar-refractivity contribution in [3.8, 4) is 6.07 Å². The van der Waals surface area contributed by atoms with Crippen molar-refractivity contribution >= 4 is 5.82 Å². The molecule has 2 heterocycles. The lowest BCUT2D eigenvalue weighted by Crippen LogP contribution is -2.24. The van der Waals surface area contributed by atoms with E-state index in [-0.39, 0.29) is 17.3 Å². The summed E-state index contributed by atoms with van der Waals surface area (Å²) in [5.41, 5.74) is -0.808. The fourth-order valence-electron chi connectivity index (χ4n) is 2.33. The first kappa shape index (κ1) is 14.6. The van der Waals surface area contributed by atoms with Gasteiger partial charge in [-0.2, -0.15) is 18.4 Å². The van der Waals surface area contributed by atoms with Gasteiger partial charge < -0.3 is 9.64 Å². The zero-order valence-electron chi connectivity index (χ0n) is 10.9. The van der Waals surface area contributed by atoms with Crippen LogP contribution in [0.3, 0.4) is 0 Å². The Hall–Kier alpha value is -1.81. The largest absolute Gasteiger partial charge is 0.433 e. The van der Waals surface area contributed by atoms with Gasteiger partial charge in [0.15, 0.2) is 0 Å². The molecule has 1 aliphatic heterocycles. The highest BCUT2D eigenvalue weighted by molar-refractivity contribution is 5.55. The highest BCUT2D eigenvalue weighted by Crippen LogP contribution is 2.32. The molecule has 4 nitrogen and oxygen atoms in total. The highest BCUT2D eigenvalue weighted by atomic mass is 19.4. The zero-order valence-corrected chi connectivity index (χ0v) is 10.9. The Balaban J connectivity index is 2.28. The summed E-state index contributed by atoms with van der Waals surface area (Å²) in [6.45, 7) is 1.69. The maximum absolute atomic E-state index is 12.7. The van der Waals surface area contributed by atoms with Gasteiger partial charge in [-0.15, -0.1) is 0 Å². The standard InChI is InChI=1S/C13H14F3N3O/c1-20-8-9-4-5-19(7-9)12-10(6-17)2-3-11(18-12)13(14,15)16/h2-3,9H,4-5,7-8H2,1H3. The monoisotopic (exact) mass is 285 g/mol. The molecule has 2 rings (SSSR count). The minimum absolute atomic E-state index is 0.112. The number of hydrogen-bond acceptors (Lipinski definition) is 4. The summed E-state index contributed by atoms with van der Waals surface area (Å²) in [4.78, 5) is 5.35. The SMILES string of the molecule is COCC1CCN(c2nc(C(F)(F)F)ccc2C#N)C1. The molecule has 1 unspecified atom stereocenters. The van der Waals surface area contributed by atoms with Gasteiger partial charge in [0, 0.05) is 26.1 Å². The fraction of sp³-hybridized carbons (Fsp3) is 0.538. The quantitative estimate of drug-likeness (QED) is 0.856. The van der Waals surface area contributed by atoms with Gasteiger partial charge in [-0.3, -0.25) is 0 Å². The molecular weight excluding hydrogens is 271 g/mol. The van der Waals surface area contributed by atoms with E-state index in [1.54, 1.807) is 12.0 Å². The Kier molecular flexibility index (Phi) is 4.14. The van der Waals surface area contributed by atoms with E-state index in [0.29, 0.717) is 19.7 Å². The Morgan fingerprint density at radius 1 is 1.50 bits per heavy atom. The molecule has 0 amide bonds. The molecular formula is C13H14F3N3O. The maximum Gasteiger partial charge on any atom is 0.433 e. The second-order valence-electron chi connectivity index (χ2n) is 4.73. The minimum atomic E-state index is -4.51. The Morgan fingerprint density at radius 3 is 2.85 bits per heavy atom. The average Bonchev–Trinajstić information content (AvgIpc) is 2.86. The van der Waals surface area contributed by atoms with Crippen LogP contribution in [0.25, 0.3) is 0 Å². The molecule has 1 atom stereocenters. The molecule has 0 spiro atoms. The Labute approximate surface area is 114 Å². The third-order valence-corrected chi connectivity index (χ3v) is 3.27. The number of nitriles is 1. The van der Waals surface area contributed by atoms with Crippen LogP contribution in [0.4, 0.5) is 19.0 Å². The highest BCUT2D eigenvalue weighted by Gasteiger charge is 2.34. The number of nitrogens with zero attached hydrogens (tertiary/aromatic N) is 3. The third-order valence-electron chi connectivity index (χ3n) is 3.27. The van der Waals surface area contributed by atoms with Crippen LogP contribution in [-0.4, -0.2) is 31.8 Å². The molecule has 1 saturated heterocycles. The topological polar surface area (TPSA) is 49.1 Å². The molecule has 0 radical (unpaired) electrons. The first-order chi connectivity index (χ1) is 9.45. The molecule has 1 aromatic rings. The predicted octanol–water partition coefficient (Wildman–Crippen LogP) is 2.44. The molecule has 0 N–H and O–H groups in total. The zero-order chi connectivity index (χ0) is 14.8. The maximum atomic E-state index is 12.7. The van der Waals surface area contributed by atoms with Crippen molar-refractivity contribution in [2.45, 2.75) is 12.6 Å². The molecule has 1 aromatic heterocycles. The third kappa shape index (κ3) is 3.02. The number of methoxy groups -OCH3 is 1. The van der Waals surface area contributed by atoms with Gasteiger partial charge in [0.05, 0.1) is 12.2 Å². The summed E-state index contributed by atoms with van der Waals surface area (Å²) in [6.07, 6.45) is -3.69. The van der Waals surface area contributed by atoms with Crippen molar-refractivity contribution < 1.29 is 17.9 Å². The minimum Gasteiger partial charge on any atom is -0.384 e. The average molecular weight is 285 g/mol. The lowest BCUT2D eigenvalue weighted by atomic mass is 10.1. The number of ether oxygens (including phenoxy) is 1. The Morgan fingerprint density at radius 2 is 2.25 bits per heavy atom. The summed E-state index contributed by atoms with van der Waals surface area (Å²) < 4.78 is 43.2.